The molecule has 146 valence electrons. The van der Waals surface area contributed by atoms with Crippen molar-refractivity contribution in [3.63, 3.8) is 0 Å². The van der Waals surface area contributed by atoms with Gasteiger partial charge in [-0.15, -0.1) is 0 Å². The van der Waals surface area contributed by atoms with Gasteiger partial charge in [0.2, 0.25) is 5.91 Å². The normalized spacial score (nSPS) is 12.7. The van der Waals surface area contributed by atoms with E-state index in [2.05, 4.69) is 5.32 Å². The molecule has 1 amide bonds. The Morgan fingerprint density at radius 3 is 1.85 bits per heavy atom. The first-order valence-corrected chi connectivity index (χ1v) is 11.4. The van der Waals surface area contributed by atoms with E-state index in [1.54, 1.807) is 0 Å². The van der Waals surface area contributed by atoms with Gasteiger partial charge in [-0.3, -0.25) is 4.79 Å². The average Bonchev–Trinajstić information content (AvgIpc) is 2.59. The first-order valence-electron chi connectivity index (χ1n) is 9.54. The van der Waals surface area contributed by atoms with Crippen molar-refractivity contribution >= 4 is 19.5 Å². The van der Waals surface area contributed by atoms with Gasteiger partial charge in [-0.1, -0.05) is 96.1 Å². The minimum atomic E-state index is -3.25. The Morgan fingerprint density at radius 1 is 0.852 bits per heavy atom. The maximum atomic E-state index is 16.3. The van der Waals surface area contributed by atoms with Gasteiger partial charge in [-0.05, 0) is 26.4 Å². The lowest BCUT2D eigenvalue weighted by atomic mass is 10.1. The first-order chi connectivity index (χ1) is 12.4. The molecule has 0 aromatic heterocycles. The molecule has 4 heteroatoms. The Labute approximate surface area is 164 Å². The summed E-state index contributed by atoms with van der Waals surface area (Å²) in [7, 11) is -3.25. The summed E-state index contributed by atoms with van der Waals surface area (Å²) in [5.74, 6) is -0.0259. The van der Waals surface area contributed by atoms with Crippen LogP contribution in [-0.4, -0.2) is 14.3 Å². The highest BCUT2D eigenvalue weighted by molar-refractivity contribution is 6.90. The molecule has 0 aliphatic heterocycles. The fourth-order valence-corrected chi connectivity index (χ4v) is 8.50. The second kappa shape index (κ2) is 7.97. The van der Waals surface area contributed by atoms with Crippen molar-refractivity contribution in [1.82, 2.24) is 5.32 Å². The molecule has 0 saturated carbocycles. The Hall–Kier alpha value is -1.94. The van der Waals surface area contributed by atoms with Crippen LogP contribution in [-0.2, 0) is 17.8 Å². The van der Waals surface area contributed by atoms with Gasteiger partial charge in [0.15, 0.2) is 0 Å². The monoisotopic (exact) mass is 384 g/mol. The number of hydrogen-bond donors (Lipinski definition) is 1. The van der Waals surface area contributed by atoms with Gasteiger partial charge < -0.3 is 9.42 Å². The molecule has 0 spiro atoms. The van der Waals surface area contributed by atoms with E-state index in [1.807, 2.05) is 96.1 Å². The van der Waals surface area contributed by atoms with E-state index < -0.39 is 18.5 Å². The zero-order valence-corrected chi connectivity index (χ0v) is 18.4. The van der Waals surface area contributed by atoms with Crippen LogP contribution < -0.4 is 10.5 Å². The van der Waals surface area contributed by atoms with Crippen LogP contribution in [0.3, 0.4) is 0 Å². The number of rotatable bonds is 5. The highest BCUT2D eigenvalue weighted by Crippen LogP contribution is 2.51. The van der Waals surface area contributed by atoms with E-state index in [0.717, 1.165) is 16.3 Å². The molecule has 2 nitrogen and oxygen atoms in total. The second-order valence-electron chi connectivity index (χ2n) is 9.29. The van der Waals surface area contributed by atoms with Crippen LogP contribution in [0.2, 0.25) is 10.1 Å². The van der Waals surface area contributed by atoms with Crippen molar-refractivity contribution in [3.05, 3.63) is 65.7 Å². The van der Waals surface area contributed by atoms with Crippen molar-refractivity contribution in [2.75, 3.05) is 0 Å². The van der Waals surface area contributed by atoms with Gasteiger partial charge >= 0.3 is 0 Å². The van der Waals surface area contributed by atoms with Crippen molar-refractivity contribution in [2.24, 2.45) is 0 Å². The fourth-order valence-electron chi connectivity index (χ4n) is 3.89. The van der Waals surface area contributed by atoms with E-state index >= 15 is 4.11 Å². The number of halogens is 1. The molecule has 0 radical (unpaired) electrons. The molecule has 0 aliphatic carbocycles. The largest absolute Gasteiger partial charge is 0.352 e. The van der Waals surface area contributed by atoms with Crippen LogP contribution in [0.5, 0.6) is 0 Å². The predicted molar refractivity (Wildman–Crippen MR) is 114 cm³/mol. The van der Waals surface area contributed by atoms with Crippen LogP contribution in [0.15, 0.2) is 54.6 Å². The Morgan fingerprint density at radius 2 is 1.37 bits per heavy atom. The lowest BCUT2D eigenvalue weighted by molar-refractivity contribution is -0.120. The van der Waals surface area contributed by atoms with Gasteiger partial charge in [0.1, 0.15) is 0 Å². The van der Waals surface area contributed by atoms with E-state index in [0.29, 0.717) is 13.0 Å². The number of benzene rings is 2. The lowest BCUT2D eigenvalue weighted by Gasteiger charge is -2.44. The van der Waals surface area contributed by atoms with Gasteiger partial charge in [0, 0.05) is 6.54 Å². The molecule has 27 heavy (non-hydrogen) atoms. The van der Waals surface area contributed by atoms with Gasteiger partial charge in [-0.25, -0.2) is 0 Å². The summed E-state index contributed by atoms with van der Waals surface area (Å²) in [5.41, 5.74) is 1.98. The van der Waals surface area contributed by atoms with Crippen molar-refractivity contribution in [2.45, 2.75) is 64.6 Å². The molecule has 0 saturated heterocycles. The maximum absolute atomic E-state index is 16.3. The molecule has 2 rings (SSSR count). The Balaban J connectivity index is 2.09. The summed E-state index contributed by atoms with van der Waals surface area (Å²) in [5, 5.41) is 2.93. The SMILES string of the molecule is CC(C)(C)[Si]([18F])(c1ccc(CC(=O)NCc2ccccc2)cc1)C(C)(C)C. The highest BCUT2D eigenvalue weighted by Gasteiger charge is 2.56. The summed E-state index contributed by atoms with van der Waals surface area (Å²) in [4.78, 5) is 12.2. The average molecular weight is 385 g/mol. The van der Waals surface area contributed by atoms with Crippen molar-refractivity contribution < 1.29 is 8.90 Å². The Bertz CT molecular complexity index is 744. The number of carbonyl (C=O) groups is 1. The number of amides is 1. The molecule has 0 atom stereocenters. The maximum Gasteiger partial charge on any atom is 0.288 e. The highest BCUT2D eigenvalue weighted by atomic mass is 28.4. The number of nitrogens with one attached hydrogen (secondary N) is 1. The predicted octanol–water partition coefficient (Wildman–Crippen LogP) is 5.27. The number of hydrogen-bond acceptors (Lipinski definition) is 1. The first kappa shape index (κ1) is 21.4. The zero-order valence-electron chi connectivity index (χ0n) is 17.4. The molecule has 0 bridgehead atoms. The quantitative estimate of drug-likeness (QED) is 0.552. The second-order valence-corrected chi connectivity index (χ2v) is 14.2. The molecule has 0 heterocycles. The van der Waals surface area contributed by atoms with Crippen LogP contribution in [0.4, 0.5) is 4.11 Å². The van der Waals surface area contributed by atoms with Crippen molar-refractivity contribution in [1.29, 1.82) is 0 Å². The zero-order chi connectivity index (χ0) is 20.3. The Kier molecular flexibility index (Phi) is 6.30. The summed E-state index contributed by atoms with van der Waals surface area (Å²) in [6, 6.07) is 17.4. The van der Waals surface area contributed by atoms with E-state index in [-0.39, 0.29) is 5.91 Å². The molecule has 0 unspecified atom stereocenters. The molecule has 2 aromatic carbocycles. The summed E-state index contributed by atoms with van der Waals surface area (Å²) < 4.78 is 16.3. The van der Waals surface area contributed by atoms with E-state index in [4.69, 9.17) is 0 Å². The van der Waals surface area contributed by atoms with Crippen LogP contribution in [0.25, 0.3) is 0 Å². The third-order valence-corrected chi connectivity index (χ3v) is 10.4. The number of carbonyl (C=O) groups excluding carboxylic acids is 1. The fraction of sp³-hybridized carbons (Fsp3) is 0.435. The summed E-state index contributed by atoms with van der Waals surface area (Å²) in [6.45, 7) is 12.5. The third kappa shape index (κ3) is 4.86. The van der Waals surface area contributed by atoms with Crippen LogP contribution >= 0.6 is 0 Å². The topological polar surface area (TPSA) is 29.1 Å². The standard InChI is InChI=1S/C23H32FNOSi/c1-22(2,3)27(24,23(4,5)6)20-14-12-18(13-15-20)16-21(26)25-17-19-10-8-7-9-11-19/h7-15H,16-17H2,1-6H3,(H,25,26)/i24-1. The van der Waals surface area contributed by atoms with Gasteiger partial charge in [-0.2, -0.15) is 0 Å². The molecule has 2 aromatic rings. The summed E-state index contributed by atoms with van der Waals surface area (Å²) >= 11 is 0. The minimum absolute atomic E-state index is 0.0259. The molecular weight excluding hydrogens is 352 g/mol. The molecular formula is C23H32FNOSi. The van der Waals surface area contributed by atoms with Crippen molar-refractivity contribution in [3.8, 4) is 0 Å². The van der Waals surface area contributed by atoms with Gasteiger partial charge in [0.25, 0.3) is 8.41 Å². The van der Waals surface area contributed by atoms with E-state index in [9.17, 15) is 4.79 Å². The molecule has 1 N–H and O–H groups in total. The molecule has 0 fully saturated rings. The van der Waals surface area contributed by atoms with Gasteiger partial charge in [0.05, 0.1) is 6.42 Å². The smallest absolute Gasteiger partial charge is 0.288 e. The third-order valence-electron chi connectivity index (χ3n) is 5.12. The molecule has 0 aliphatic rings. The van der Waals surface area contributed by atoms with Crippen LogP contribution in [0.1, 0.15) is 52.7 Å². The lowest BCUT2D eigenvalue weighted by Crippen LogP contribution is -2.57. The van der Waals surface area contributed by atoms with Crippen LogP contribution in [0, 0.1) is 0 Å². The minimum Gasteiger partial charge on any atom is -0.352 e. The summed E-state index contributed by atoms with van der Waals surface area (Å²) in [6.07, 6.45) is 0.305. The van der Waals surface area contributed by atoms with E-state index in [1.165, 1.54) is 0 Å².